The molecule has 0 spiro atoms. The lowest BCUT2D eigenvalue weighted by atomic mass is 9.63. The van der Waals surface area contributed by atoms with Crippen LogP contribution in [0.5, 0.6) is 0 Å². The van der Waals surface area contributed by atoms with Crippen LogP contribution in [0, 0.1) is 0 Å². The van der Waals surface area contributed by atoms with Crippen LogP contribution in [0.2, 0.25) is 0 Å². The Bertz CT molecular complexity index is 3550. The Balaban J connectivity index is 1.07. The van der Waals surface area contributed by atoms with E-state index >= 15 is 0 Å². The zero-order valence-electron chi connectivity index (χ0n) is 34.1. The van der Waals surface area contributed by atoms with E-state index in [0.29, 0.717) is 17.5 Å². The molecule has 0 bridgehead atoms. The van der Waals surface area contributed by atoms with E-state index in [1.54, 1.807) is 0 Å². The van der Waals surface area contributed by atoms with Gasteiger partial charge in [0.2, 0.25) is 0 Å². The van der Waals surface area contributed by atoms with Gasteiger partial charge in [0.05, 0.1) is 16.6 Å². The first-order chi connectivity index (χ1) is 29.2. The second-order valence-electron chi connectivity index (χ2n) is 17.9. The van der Waals surface area contributed by atoms with Gasteiger partial charge in [-0.05, 0) is 111 Å². The molecule has 0 N–H and O–H groups in total. The molecular formula is C55H42N4O. The Morgan fingerprint density at radius 1 is 0.467 bits per heavy atom. The lowest BCUT2D eigenvalue weighted by molar-refractivity contribution is 0.332. The van der Waals surface area contributed by atoms with Crippen LogP contribution in [-0.2, 0) is 10.8 Å². The fourth-order valence-corrected chi connectivity index (χ4v) is 9.97. The van der Waals surface area contributed by atoms with Gasteiger partial charge in [0, 0.05) is 38.4 Å². The summed E-state index contributed by atoms with van der Waals surface area (Å²) in [6, 6.07) is 56.2. The molecule has 0 radical (unpaired) electrons. The number of furan rings is 1. The Hall–Kier alpha value is -7.11. The molecule has 5 nitrogen and oxygen atoms in total. The van der Waals surface area contributed by atoms with Crippen LogP contribution in [0.25, 0.3) is 105 Å². The van der Waals surface area contributed by atoms with Gasteiger partial charge >= 0.3 is 0 Å². The molecule has 288 valence electrons. The van der Waals surface area contributed by atoms with Crippen molar-refractivity contribution in [3.8, 4) is 39.9 Å². The van der Waals surface area contributed by atoms with Crippen LogP contribution in [0.1, 0.15) is 51.7 Å². The first-order valence-corrected chi connectivity index (χ1v) is 21.0. The van der Waals surface area contributed by atoms with Crippen molar-refractivity contribution in [3.05, 3.63) is 169 Å². The predicted molar refractivity (Wildman–Crippen MR) is 248 cm³/mol. The number of nitrogens with zero attached hydrogens (tertiary/aromatic N) is 4. The SMILES string of the molecule is CC1(C)CCC(C)(C)c2cc3c(cc21)c1c2ccccc2ccc1n3-c1ccc(-c2nc(-c3cccc4ccccc34)nc(-c3cccc4c3oc3ccccc34)n2)cc1. The summed E-state index contributed by atoms with van der Waals surface area (Å²) in [5, 5.41) is 9.46. The van der Waals surface area contributed by atoms with E-state index in [9.17, 15) is 0 Å². The molecule has 11 aromatic rings. The number of rotatable bonds is 4. The summed E-state index contributed by atoms with van der Waals surface area (Å²) in [6.07, 6.45) is 2.34. The molecule has 0 saturated carbocycles. The Kier molecular flexibility index (Phi) is 7.38. The Labute approximate surface area is 348 Å². The average molecular weight is 775 g/mol. The third kappa shape index (κ3) is 5.21. The summed E-state index contributed by atoms with van der Waals surface area (Å²) >= 11 is 0. The number of benzene rings is 8. The van der Waals surface area contributed by atoms with E-state index in [1.165, 1.54) is 50.1 Å². The van der Waals surface area contributed by atoms with Gasteiger partial charge in [-0.15, -0.1) is 0 Å². The normalized spacial score (nSPS) is 14.8. The van der Waals surface area contributed by atoms with Gasteiger partial charge in [-0.3, -0.25) is 0 Å². The minimum Gasteiger partial charge on any atom is -0.455 e. The molecule has 0 saturated heterocycles. The second-order valence-corrected chi connectivity index (χ2v) is 17.9. The van der Waals surface area contributed by atoms with Crippen LogP contribution in [0.4, 0.5) is 0 Å². The monoisotopic (exact) mass is 774 g/mol. The fourth-order valence-electron chi connectivity index (χ4n) is 9.97. The van der Waals surface area contributed by atoms with Crippen molar-refractivity contribution >= 4 is 65.3 Å². The lowest BCUT2D eigenvalue weighted by Crippen LogP contribution is -2.33. The number of para-hydroxylation sites is 2. The van der Waals surface area contributed by atoms with Gasteiger partial charge in [0.15, 0.2) is 17.5 Å². The van der Waals surface area contributed by atoms with Crippen LogP contribution >= 0.6 is 0 Å². The topological polar surface area (TPSA) is 56.7 Å². The van der Waals surface area contributed by atoms with E-state index in [-0.39, 0.29) is 10.8 Å². The molecule has 8 aromatic carbocycles. The summed E-state index contributed by atoms with van der Waals surface area (Å²) in [5.41, 5.74) is 10.9. The molecule has 60 heavy (non-hydrogen) atoms. The summed E-state index contributed by atoms with van der Waals surface area (Å²) in [4.78, 5) is 15.6. The molecule has 0 fully saturated rings. The van der Waals surface area contributed by atoms with E-state index in [4.69, 9.17) is 19.4 Å². The standard InChI is InChI=1S/C55H42N4O/c1-54(2)29-30-55(3,4)45-32-47-43(31-44(45)54)49-38-17-8-6-14-34(38)25-28-46(49)59(47)36-26-23-35(24-27-36)51-56-52(41-20-11-15-33-13-5-7-16-37(33)41)58-53(57-51)42-21-12-19-40-39-18-9-10-22-48(39)60-50(40)42/h5-28,31-32H,29-30H2,1-4H3. The maximum atomic E-state index is 6.51. The minimum atomic E-state index is 0.0805. The van der Waals surface area contributed by atoms with Crippen LogP contribution in [-0.4, -0.2) is 19.5 Å². The fraction of sp³-hybridized carbons (Fsp3) is 0.145. The molecule has 3 aromatic heterocycles. The first kappa shape index (κ1) is 34.9. The van der Waals surface area contributed by atoms with Crippen molar-refractivity contribution in [1.29, 1.82) is 0 Å². The largest absolute Gasteiger partial charge is 0.455 e. The van der Waals surface area contributed by atoms with Gasteiger partial charge in [-0.2, -0.15) is 0 Å². The summed E-state index contributed by atoms with van der Waals surface area (Å²) < 4.78 is 8.97. The third-order valence-corrected chi connectivity index (χ3v) is 13.3. The van der Waals surface area contributed by atoms with Crippen LogP contribution in [0.3, 0.4) is 0 Å². The van der Waals surface area contributed by atoms with E-state index in [1.807, 2.05) is 24.3 Å². The summed E-state index contributed by atoms with van der Waals surface area (Å²) in [6.45, 7) is 9.65. The van der Waals surface area contributed by atoms with Crippen molar-refractivity contribution < 1.29 is 4.42 Å². The zero-order chi connectivity index (χ0) is 40.3. The Morgan fingerprint density at radius 2 is 1.05 bits per heavy atom. The smallest absolute Gasteiger partial charge is 0.167 e. The highest BCUT2D eigenvalue weighted by atomic mass is 16.3. The summed E-state index contributed by atoms with van der Waals surface area (Å²) in [5.74, 6) is 1.80. The van der Waals surface area contributed by atoms with Crippen molar-refractivity contribution in [2.75, 3.05) is 0 Å². The molecule has 0 amide bonds. The zero-order valence-corrected chi connectivity index (χ0v) is 34.1. The highest BCUT2D eigenvalue weighted by Gasteiger charge is 2.38. The van der Waals surface area contributed by atoms with Crippen molar-refractivity contribution in [3.63, 3.8) is 0 Å². The maximum absolute atomic E-state index is 6.51. The number of hydrogen-bond acceptors (Lipinski definition) is 4. The average Bonchev–Trinajstić information content (AvgIpc) is 3.83. The van der Waals surface area contributed by atoms with Gasteiger partial charge in [-0.1, -0.05) is 131 Å². The van der Waals surface area contributed by atoms with Crippen LogP contribution < -0.4 is 0 Å². The highest BCUT2D eigenvalue weighted by Crippen LogP contribution is 2.49. The molecule has 0 atom stereocenters. The van der Waals surface area contributed by atoms with Gasteiger partial charge in [-0.25, -0.2) is 15.0 Å². The number of fused-ring (bicyclic) bond motifs is 10. The molecule has 1 aliphatic rings. The molecule has 0 unspecified atom stereocenters. The van der Waals surface area contributed by atoms with Crippen molar-refractivity contribution in [2.24, 2.45) is 0 Å². The quantitative estimate of drug-likeness (QED) is 0.179. The van der Waals surface area contributed by atoms with E-state index in [0.717, 1.165) is 61.5 Å². The van der Waals surface area contributed by atoms with Gasteiger partial charge in [0.1, 0.15) is 11.2 Å². The molecule has 5 heteroatoms. The summed E-state index contributed by atoms with van der Waals surface area (Å²) in [7, 11) is 0. The highest BCUT2D eigenvalue weighted by molar-refractivity contribution is 6.21. The molecule has 3 heterocycles. The predicted octanol–water partition coefficient (Wildman–Crippen LogP) is 14.5. The Morgan fingerprint density at radius 3 is 1.83 bits per heavy atom. The van der Waals surface area contributed by atoms with Crippen molar-refractivity contribution in [2.45, 2.75) is 51.4 Å². The number of hydrogen-bond donors (Lipinski definition) is 0. The third-order valence-electron chi connectivity index (χ3n) is 13.3. The lowest BCUT2D eigenvalue weighted by Gasteiger charge is -2.42. The molecule has 1 aliphatic carbocycles. The first-order valence-electron chi connectivity index (χ1n) is 21.0. The van der Waals surface area contributed by atoms with Gasteiger partial charge < -0.3 is 8.98 Å². The maximum Gasteiger partial charge on any atom is 0.167 e. The molecule has 12 rings (SSSR count). The van der Waals surface area contributed by atoms with Crippen LogP contribution in [0.15, 0.2) is 162 Å². The number of aromatic nitrogens is 4. The second kappa shape index (κ2) is 12.7. The van der Waals surface area contributed by atoms with Gasteiger partial charge in [0.25, 0.3) is 0 Å². The minimum absolute atomic E-state index is 0.0805. The van der Waals surface area contributed by atoms with E-state index in [2.05, 4.69) is 166 Å². The van der Waals surface area contributed by atoms with E-state index < -0.39 is 0 Å². The molecular weight excluding hydrogens is 733 g/mol. The van der Waals surface area contributed by atoms with Crippen molar-refractivity contribution in [1.82, 2.24) is 19.5 Å². The molecule has 0 aliphatic heterocycles.